The van der Waals surface area contributed by atoms with Crippen LogP contribution in [0.3, 0.4) is 0 Å². The number of hydrogen-bond donors (Lipinski definition) is 4. The Bertz CT molecular complexity index is 27.2. The van der Waals surface area contributed by atoms with E-state index in [0.717, 1.165) is 0 Å². The Labute approximate surface area is 84.4 Å². The van der Waals surface area contributed by atoms with Crippen LogP contribution in [0.2, 0.25) is 0 Å². The van der Waals surface area contributed by atoms with Gasteiger partial charge in [0.2, 0.25) is 0 Å². The van der Waals surface area contributed by atoms with Crippen LogP contribution in [0.4, 0.5) is 0 Å². The summed E-state index contributed by atoms with van der Waals surface area (Å²) in [4.78, 5) is 29.3. The summed E-state index contributed by atoms with van der Waals surface area (Å²) in [5.74, 6) is 0. The van der Waals surface area contributed by atoms with Gasteiger partial charge in [-0.2, -0.15) is 0 Å². The zero-order chi connectivity index (χ0) is 4.50. The standard InChI is InChI=1S/Ca.H4O4Si.Zn.2H/c;1-5(2,3)4;;;/h;1-4H;;;. The maximum atomic E-state index is 7.33. The second-order valence-electron chi connectivity index (χ2n) is 0.600. The third-order valence-corrected chi connectivity index (χ3v) is 0. The topological polar surface area (TPSA) is 80.9 Å². The van der Waals surface area contributed by atoms with Gasteiger partial charge >= 0.3 is 46.8 Å². The minimum Gasteiger partial charge on any atom is 0 e. The van der Waals surface area contributed by atoms with Crippen molar-refractivity contribution in [2.75, 3.05) is 0 Å². The third kappa shape index (κ3) is 74.4. The summed E-state index contributed by atoms with van der Waals surface area (Å²) >= 11 is 0. The van der Waals surface area contributed by atoms with Gasteiger partial charge in [-0.25, -0.2) is 0 Å². The zero-order valence-corrected chi connectivity index (χ0v) is 6.96. The fourth-order valence-corrected chi connectivity index (χ4v) is 0. The molecular formula is H6CaO4SiZn. The first-order valence-electron chi connectivity index (χ1n) is 0.894. The normalized spacial score (nSPS) is 8.57. The van der Waals surface area contributed by atoms with E-state index in [4.69, 9.17) is 19.2 Å². The van der Waals surface area contributed by atoms with Crippen LogP contribution < -0.4 is 0 Å². The van der Waals surface area contributed by atoms with Crippen molar-refractivity contribution in [2.45, 2.75) is 0 Å². The zero-order valence-electron chi connectivity index (χ0n) is 3.00. The molecule has 0 saturated heterocycles. The van der Waals surface area contributed by atoms with E-state index < -0.39 is 9.05 Å². The molecule has 0 aliphatic rings. The minimum absolute atomic E-state index is 0. The van der Waals surface area contributed by atoms with Gasteiger partial charge in [-0.3, -0.25) is 0 Å². The molecule has 0 unspecified atom stereocenters. The maximum absolute atomic E-state index is 7.33. The molecule has 0 bridgehead atoms. The minimum atomic E-state index is -4.61. The van der Waals surface area contributed by atoms with Crippen molar-refractivity contribution >= 4 is 46.8 Å². The second-order valence-corrected chi connectivity index (χ2v) is 1.80. The molecule has 0 radical (unpaired) electrons. The van der Waals surface area contributed by atoms with Gasteiger partial charge in [0.05, 0.1) is 0 Å². The monoisotopic (exact) mass is 202 g/mol. The summed E-state index contributed by atoms with van der Waals surface area (Å²) in [6.07, 6.45) is 0. The van der Waals surface area contributed by atoms with E-state index >= 15 is 0 Å². The molecule has 0 aromatic rings. The van der Waals surface area contributed by atoms with E-state index in [1.54, 1.807) is 0 Å². The van der Waals surface area contributed by atoms with Crippen molar-refractivity contribution in [3.8, 4) is 0 Å². The second kappa shape index (κ2) is 6.07. The van der Waals surface area contributed by atoms with Crippen LogP contribution in [0.25, 0.3) is 0 Å². The van der Waals surface area contributed by atoms with Crippen LogP contribution in [0.15, 0.2) is 0 Å². The van der Waals surface area contributed by atoms with E-state index in [1.807, 2.05) is 0 Å². The Hall–Kier alpha value is 1.94. The van der Waals surface area contributed by atoms with Crippen LogP contribution >= 0.6 is 0 Å². The number of rotatable bonds is 0. The molecular weight excluding hydrogens is 198 g/mol. The van der Waals surface area contributed by atoms with Gasteiger partial charge in [-0.15, -0.1) is 0 Å². The van der Waals surface area contributed by atoms with Crippen molar-refractivity contribution in [3.05, 3.63) is 0 Å². The van der Waals surface area contributed by atoms with E-state index in [0.29, 0.717) is 0 Å². The molecule has 0 rings (SSSR count). The first-order valence-corrected chi connectivity index (χ1v) is 2.68. The molecule has 7 heavy (non-hydrogen) atoms. The third-order valence-electron chi connectivity index (χ3n) is 0. The molecule has 38 valence electrons. The molecule has 0 aromatic heterocycles. The molecule has 0 amide bonds. The fraction of sp³-hybridized carbons (Fsp3) is 0. The van der Waals surface area contributed by atoms with E-state index in [2.05, 4.69) is 0 Å². The van der Waals surface area contributed by atoms with Gasteiger partial charge < -0.3 is 19.2 Å². The Morgan fingerprint density at radius 2 is 0.857 bits per heavy atom. The average molecular weight is 204 g/mol. The van der Waals surface area contributed by atoms with Crippen LogP contribution in [-0.2, 0) is 19.5 Å². The van der Waals surface area contributed by atoms with E-state index in [-0.39, 0.29) is 57.2 Å². The predicted octanol–water partition coefficient (Wildman–Crippen LogP) is -3.53. The molecule has 7 heteroatoms. The largest absolute Gasteiger partial charge is 0 e. The first-order chi connectivity index (χ1) is 2.00. The Balaban J connectivity index is -0.0000000800. The van der Waals surface area contributed by atoms with Gasteiger partial charge in [-0.05, 0) is 0 Å². The first kappa shape index (κ1) is 16.0. The smallest absolute Gasteiger partial charge is 0 e. The molecule has 0 fully saturated rings. The van der Waals surface area contributed by atoms with Crippen molar-refractivity contribution in [3.63, 3.8) is 0 Å². The van der Waals surface area contributed by atoms with E-state index in [9.17, 15) is 0 Å². The van der Waals surface area contributed by atoms with Gasteiger partial charge in [0.25, 0.3) is 0 Å². The summed E-state index contributed by atoms with van der Waals surface area (Å²) in [5.41, 5.74) is 0. The van der Waals surface area contributed by atoms with Gasteiger partial charge in [-0.1, -0.05) is 0 Å². The van der Waals surface area contributed by atoms with Crippen molar-refractivity contribution in [1.82, 2.24) is 0 Å². The van der Waals surface area contributed by atoms with Crippen LogP contribution in [0, 0.1) is 0 Å². The molecule has 0 atom stereocenters. The molecule has 0 heterocycles. The molecule has 0 aliphatic heterocycles. The molecule has 0 aliphatic carbocycles. The fourth-order valence-electron chi connectivity index (χ4n) is 0. The van der Waals surface area contributed by atoms with Gasteiger partial charge in [0.1, 0.15) is 0 Å². The SMILES string of the molecule is O[Si](O)(O)O.[CaH2].[Zn]. The Morgan fingerprint density at radius 3 is 0.857 bits per heavy atom. The summed E-state index contributed by atoms with van der Waals surface area (Å²) in [6.45, 7) is 0. The quantitative estimate of drug-likeness (QED) is 0.308. The molecule has 4 nitrogen and oxygen atoms in total. The summed E-state index contributed by atoms with van der Waals surface area (Å²) in [7, 11) is -4.61. The molecule has 4 N–H and O–H groups in total. The predicted molar refractivity (Wildman–Crippen MR) is 23.2 cm³/mol. The molecule has 0 saturated carbocycles. The van der Waals surface area contributed by atoms with Gasteiger partial charge in [0.15, 0.2) is 0 Å². The van der Waals surface area contributed by atoms with Crippen LogP contribution in [0.5, 0.6) is 0 Å². The Kier molecular flexibility index (Phi) is 13.8. The van der Waals surface area contributed by atoms with E-state index in [1.165, 1.54) is 0 Å². The summed E-state index contributed by atoms with van der Waals surface area (Å²) in [5, 5.41) is 0. The van der Waals surface area contributed by atoms with Crippen molar-refractivity contribution in [2.24, 2.45) is 0 Å². The van der Waals surface area contributed by atoms with Crippen molar-refractivity contribution < 1.29 is 38.7 Å². The van der Waals surface area contributed by atoms with Crippen LogP contribution in [-0.4, -0.2) is 66.0 Å². The summed E-state index contributed by atoms with van der Waals surface area (Å²) < 4.78 is 0. The van der Waals surface area contributed by atoms with Crippen molar-refractivity contribution in [1.29, 1.82) is 0 Å². The molecule has 0 spiro atoms. The maximum Gasteiger partial charge on any atom is 0 e. The van der Waals surface area contributed by atoms with Crippen LogP contribution in [0.1, 0.15) is 0 Å². The molecule has 0 aromatic carbocycles. The average Bonchev–Trinajstić information content (AvgIpc) is 0.722. The Morgan fingerprint density at radius 1 is 0.857 bits per heavy atom. The summed E-state index contributed by atoms with van der Waals surface area (Å²) in [6, 6.07) is 0. The van der Waals surface area contributed by atoms with Gasteiger partial charge in [0, 0.05) is 19.5 Å². The number of hydrogen-bond acceptors (Lipinski definition) is 4.